The monoisotopic (exact) mass is 233 g/mol. The number of fused-ring (bicyclic) bond motifs is 1. The lowest BCUT2D eigenvalue weighted by Gasteiger charge is -2.04. The van der Waals surface area contributed by atoms with Crippen molar-refractivity contribution >= 4 is 22.8 Å². The first kappa shape index (κ1) is 11.1. The molecule has 0 fully saturated rings. The number of aromatic nitrogens is 1. The highest BCUT2D eigenvalue weighted by molar-refractivity contribution is 5.77. The van der Waals surface area contributed by atoms with Gasteiger partial charge in [-0.15, -0.1) is 6.58 Å². The molecule has 0 saturated heterocycles. The van der Waals surface area contributed by atoms with Crippen LogP contribution in [0.3, 0.4) is 0 Å². The maximum absolute atomic E-state index is 10.6. The summed E-state index contributed by atoms with van der Waals surface area (Å²) in [6.07, 6.45) is 1.71. The van der Waals surface area contributed by atoms with Gasteiger partial charge < -0.3 is 9.73 Å². The predicted octanol–water partition coefficient (Wildman–Crippen LogP) is 2.72. The van der Waals surface area contributed by atoms with Gasteiger partial charge in [-0.1, -0.05) is 6.08 Å². The van der Waals surface area contributed by atoms with E-state index in [1.54, 1.807) is 6.08 Å². The molecule has 6 heteroatoms. The highest BCUT2D eigenvalue weighted by atomic mass is 16.6. The molecule has 1 aromatic heterocycles. The Labute approximate surface area is 97.1 Å². The van der Waals surface area contributed by atoms with Gasteiger partial charge in [-0.25, -0.2) is 0 Å². The van der Waals surface area contributed by atoms with Crippen LogP contribution in [-0.4, -0.2) is 15.9 Å². The van der Waals surface area contributed by atoms with Gasteiger partial charge in [-0.2, -0.15) is 4.98 Å². The van der Waals surface area contributed by atoms with E-state index in [-0.39, 0.29) is 11.7 Å². The molecule has 1 aromatic carbocycles. The van der Waals surface area contributed by atoms with Crippen LogP contribution < -0.4 is 5.32 Å². The van der Waals surface area contributed by atoms with Crippen molar-refractivity contribution < 1.29 is 9.34 Å². The van der Waals surface area contributed by atoms with Crippen LogP contribution in [-0.2, 0) is 0 Å². The van der Waals surface area contributed by atoms with Crippen molar-refractivity contribution in [1.29, 1.82) is 0 Å². The zero-order valence-corrected chi connectivity index (χ0v) is 9.21. The van der Waals surface area contributed by atoms with Gasteiger partial charge in [0.05, 0.1) is 4.92 Å². The van der Waals surface area contributed by atoms with Gasteiger partial charge in [0, 0.05) is 18.2 Å². The molecule has 17 heavy (non-hydrogen) atoms. The second kappa shape index (κ2) is 4.25. The first-order chi connectivity index (χ1) is 8.10. The number of hydrogen-bond donors (Lipinski definition) is 1. The number of anilines is 1. The summed E-state index contributed by atoms with van der Waals surface area (Å²) in [4.78, 5) is 14.2. The summed E-state index contributed by atoms with van der Waals surface area (Å²) in [5, 5.41) is 13.6. The molecule has 2 aromatic rings. The summed E-state index contributed by atoms with van der Waals surface area (Å²) >= 11 is 0. The van der Waals surface area contributed by atoms with Crippen LogP contribution in [0.1, 0.15) is 6.92 Å². The van der Waals surface area contributed by atoms with E-state index in [0.717, 1.165) is 0 Å². The third-order valence-corrected chi connectivity index (χ3v) is 2.29. The maximum Gasteiger partial charge on any atom is 0.296 e. The number of nitro groups is 1. The van der Waals surface area contributed by atoms with E-state index in [1.165, 1.54) is 18.2 Å². The van der Waals surface area contributed by atoms with Crippen LogP contribution in [0, 0.1) is 10.1 Å². The van der Waals surface area contributed by atoms with E-state index in [1.807, 2.05) is 6.92 Å². The van der Waals surface area contributed by atoms with Gasteiger partial charge >= 0.3 is 0 Å². The summed E-state index contributed by atoms with van der Waals surface area (Å²) in [5.74, 6) is 0. The van der Waals surface area contributed by atoms with E-state index in [2.05, 4.69) is 16.9 Å². The van der Waals surface area contributed by atoms with Gasteiger partial charge in [0.25, 0.3) is 11.7 Å². The Balaban J connectivity index is 2.36. The normalized spacial score (nSPS) is 12.3. The summed E-state index contributed by atoms with van der Waals surface area (Å²) in [6, 6.07) is 4.63. The van der Waals surface area contributed by atoms with Crippen LogP contribution in [0.5, 0.6) is 0 Å². The Morgan fingerprint density at radius 2 is 2.41 bits per heavy atom. The molecular weight excluding hydrogens is 222 g/mol. The molecule has 0 saturated carbocycles. The van der Waals surface area contributed by atoms with Crippen LogP contribution >= 0.6 is 0 Å². The Morgan fingerprint density at radius 3 is 3.06 bits per heavy atom. The molecule has 0 aliphatic rings. The smallest absolute Gasteiger partial charge is 0.296 e. The molecule has 1 unspecified atom stereocenters. The third kappa shape index (κ3) is 2.25. The number of nitro benzene ring substituents is 1. The van der Waals surface area contributed by atoms with Crippen LogP contribution in [0.2, 0.25) is 0 Å². The number of hydrogen-bond acceptors (Lipinski definition) is 5. The Morgan fingerprint density at radius 1 is 1.65 bits per heavy atom. The lowest BCUT2D eigenvalue weighted by Crippen LogP contribution is -2.11. The van der Waals surface area contributed by atoms with E-state index in [9.17, 15) is 10.1 Å². The standard InChI is InChI=1S/C11H11N3O3/c1-3-7(2)12-11-13-9-6-8(14(15)16)4-5-10(9)17-11/h3-7H,1H2,2H3,(H,12,13). The Hall–Kier alpha value is -2.37. The molecular formula is C11H11N3O3. The van der Waals surface area contributed by atoms with Crippen molar-refractivity contribution in [2.75, 3.05) is 5.32 Å². The number of nitrogens with zero attached hydrogens (tertiary/aromatic N) is 2. The minimum atomic E-state index is -0.465. The quantitative estimate of drug-likeness (QED) is 0.498. The van der Waals surface area contributed by atoms with Crippen LogP contribution in [0.25, 0.3) is 11.1 Å². The number of non-ortho nitro benzene ring substituents is 1. The van der Waals surface area contributed by atoms with Crippen molar-refractivity contribution in [2.45, 2.75) is 13.0 Å². The first-order valence-corrected chi connectivity index (χ1v) is 5.04. The van der Waals surface area contributed by atoms with Crippen molar-refractivity contribution in [1.82, 2.24) is 4.98 Å². The van der Waals surface area contributed by atoms with Gasteiger partial charge in [0.2, 0.25) is 0 Å². The Bertz CT molecular complexity index is 576. The highest BCUT2D eigenvalue weighted by Gasteiger charge is 2.11. The second-order valence-corrected chi connectivity index (χ2v) is 3.60. The number of benzene rings is 1. The van der Waals surface area contributed by atoms with Gasteiger partial charge in [-0.05, 0) is 13.0 Å². The molecule has 0 bridgehead atoms. The molecule has 0 amide bonds. The molecule has 6 nitrogen and oxygen atoms in total. The molecule has 1 N–H and O–H groups in total. The van der Waals surface area contributed by atoms with E-state index in [4.69, 9.17) is 4.42 Å². The van der Waals surface area contributed by atoms with Crippen molar-refractivity contribution in [2.24, 2.45) is 0 Å². The average Bonchev–Trinajstić information content (AvgIpc) is 2.69. The zero-order valence-electron chi connectivity index (χ0n) is 9.21. The Kier molecular flexibility index (Phi) is 2.78. The lowest BCUT2D eigenvalue weighted by molar-refractivity contribution is -0.384. The maximum atomic E-state index is 10.6. The van der Waals surface area contributed by atoms with Gasteiger partial charge in [0.15, 0.2) is 5.58 Å². The summed E-state index contributed by atoms with van der Waals surface area (Å²) in [7, 11) is 0. The molecule has 0 aliphatic carbocycles. The predicted molar refractivity (Wildman–Crippen MR) is 63.9 cm³/mol. The number of rotatable bonds is 4. The fraction of sp³-hybridized carbons (Fsp3) is 0.182. The summed E-state index contributed by atoms with van der Waals surface area (Å²) < 4.78 is 5.38. The fourth-order valence-corrected chi connectivity index (χ4v) is 1.34. The zero-order chi connectivity index (χ0) is 12.4. The van der Waals surface area contributed by atoms with E-state index >= 15 is 0 Å². The van der Waals surface area contributed by atoms with Crippen LogP contribution in [0.15, 0.2) is 35.3 Å². The van der Waals surface area contributed by atoms with Crippen molar-refractivity contribution in [3.8, 4) is 0 Å². The summed E-state index contributed by atoms with van der Waals surface area (Å²) in [6.45, 7) is 5.52. The SMILES string of the molecule is C=CC(C)Nc1nc2cc([N+](=O)[O-])ccc2o1. The molecule has 1 heterocycles. The first-order valence-electron chi connectivity index (χ1n) is 5.04. The van der Waals surface area contributed by atoms with Crippen LogP contribution in [0.4, 0.5) is 11.7 Å². The molecule has 0 radical (unpaired) electrons. The minimum Gasteiger partial charge on any atom is -0.424 e. The molecule has 2 rings (SSSR count). The molecule has 88 valence electrons. The third-order valence-electron chi connectivity index (χ3n) is 2.29. The van der Waals surface area contributed by atoms with Crippen molar-refractivity contribution in [3.05, 3.63) is 41.0 Å². The number of oxazole rings is 1. The summed E-state index contributed by atoms with van der Waals surface area (Å²) in [5.41, 5.74) is 0.960. The fourth-order valence-electron chi connectivity index (χ4n) is 1.34. The highest BCUT2D eigenvalue weighted by Crippen LogP contribution is 2.23. The molecule has 1 atom stereocenters. The largest absolute Gasteiger partial charge is 0.424 e. The topological polar surface area (TPSA) is 81.2 Å². The van der Waals surface area contributed by atoms with E-state index in [0.29, 0.717) is 17.1 Å². The van der Waals surface area contributed by atoms with Gasteiger partial charge in [0.1, 0.15) is 5.52 Å². The average molecular weight is 233 g/mol. The number of nitrogens with one attached hydrogen (secondary N) is 1. The van der Waals surface area contributed by atoms with Gasteiger partial charge in [-0.3, -0.25) is 10.1 Å². The second-order valence-electron chi connectivity index (χ2n) is 3.60. The lowest BCUT2D eigenvalue weighted by atomic mass is 10.3. The molecule has 0 aliphatic heterocycles. The molecule has 0 spiro atoms. The van der Waals surface area contributed by atoms with E-state index < -0.39 is 4.92 Å². The van der Waals surface area contributed by atoms with Crippen molar-refractivity contribution in [3.63, 3.8) is 0 Å². The minimum absolute atomic E-state index is 0.00545.